The second kappa shape index (κ2) is 4.52. The van der Waals surface area contributed by atoms with E-state index in [1.54, 1.807) is 0 Å². The predicted octanol–water partition coefficient (Wildman–Crippen LogP) is 1.73. The van der Waals surface area contributed by atoms with Gasteiger partial charge in [0.05, 0.1) is 12.7 Å². The number of carbonyl (C=O) groups excluding carboxylic acids is 1. The summed E-state index contributed by atoms with van der Waals surface area (Å²) in [7, 11) is 0. The highest BCUT2D eigenvalue weighted by Gasteiger charge is 2.33. The van der Waals surface area contributed by atoms with Gasteiger partial charge in [-0.25, -0.2) is 0 Å². The molecule has 1 saturated carbocycles. The van der Waals surface area contributed by atoms with Crippen molar-refractivity contribution in [3.8, 4) is 0 Å². The third kappa shape index (κ3) is 2.33. The van der Waals surface area contributed by atoms with Crippen LogP contribution in [0.5, 0.6) is 0 Å². The van der Waals surface area contributed by atoms with Crippen LogP contribution >= 0.6 is 0 Å². The summed E-state index contributed by atoms with van der Waals surface area (Å²) in [5.74, 6) is 1.15. The van der Waals surface area contributed by atoms with Gasteiger partial charge in [-0.15, -0.1) is 0 Å². The van der Waals surface area contributed by atoms with Crippen LogP contribution in [0.2, 0.25) is 0 Å². The van der Waals surface area contributed by atoms with Crippen LogP contribution in [0.15, 0.2) is 0 Å². The molecule has 3 heteroatoms. The standard InChI is InChI=1S/C12H22N2O/c1-9-4-3-5-11(7-6-9)14-8-13-10(2)12(14)15/h9-11,13H,3-8H2,1-2H3. The fraction of sp³-hybridized carbons (Fsp3) is 0.917. The lowest BCUT2D eigenvalue weighted by molar-refractivity contribution is -0.130. The molecule has 0 aromatic carbocycles. The van der Waals surface area contributed by atoms with Gasteiger partial charge in [-0.05, 0) is 32.1 Å². The summed E-state index contributed by atoms with van der Waals surface area (Å²) >= 11 is 0. The Morgan fingerprint density at radius 1 is 1.20 bits per heavy atom. The van der Waals surface area contributed by atoms with Crippen molar-refractivity contribution in [2.45, 2.75) is 58.0 Å². The minimum atomic E-state index is 0.0330. The Kier molecular flexibility index (Phi) is 3.29. The van der Waals surface area contributed by atoms with Gasteiger partial charge in [0.2, 0.25) is 5.91 Å². The Bertz CT molecular complexity index is 242. The summed E-state index contributed by atoms with van der Waals surface area (Å²) in [6, 6.07) is 0.533. The van der Waals surface area contributed by atoms with Gasteiger partial charge in [0.1, 0.15) is 0 Å². The Morgan fingerprint density at radius 3 is 2.67 bits per heavy atom. The topological polar surface area (TPSA) is 32.3 Å². The summed E-state index contributed by atoms with van der Waals surface area (Å²) in [6.45, 7) is 5.05. The third-order valence-corrected chi connectivity index (χ3v) is 3.89. The molecule has 0 radical (unpaired) electrons. The minimum absolute atomic E-state index is 0.0330. The largest absolute Gasteiger partial charge is 0.326 e. The molecule has 1 amide bonds. The van der Waals surface area contributed by atoms with Crippen molar-refractivity contribution in [2.75, 3.05) is 6.67 Å². The van der Waals surface area contributed by atoms with Crippen LogP contribution in [0.3, 0.4) is 0 Å². The summed E-state index contributed by atoms with van der Waals surface area (Å²) in [5.41, 5.74) is 0. The van der Waals surface area contributed by atoms with Crippen molar-refractivity contribution in [1.82, 2.24) is 10.2 Å². The summed E-state index contributed by atoms with van der Waals surface area (Å²) in [4.78, 5) is 13.9. The Balaban J connectivity index is 1.95. The fourth-order valence-electron chi connectivity index (χ4n) is 2.74. The highest BCUT2D eigenvalue weighted by molar-refractivity contribution is 5.83. The Hall–Kier alpha value is -0.570. The predicted molar refractivity (Wildman–Crippen MR) is 60.3 cm³/mol. The molecule has 1 N–H and O–H groups in total. The molecule has 15 heavy (non-hydrogen) atoms. The van der Waals surface area contributed by atoms with E-state index in [4.69, 9.17) is 0 Å². The molecule has 1 heterocycles. The molecule has 3 unspecified atom stereocenters. The van der Waals surface area contributed by atoms with E-state index in [1.165, 1.54) is 32.1 Å². The molecular formula is C12H22N2O. The maximum Gasteiger partial charge on any atom is 0.240 e. The van der Waals surface area contributed by atoms with Gasteiger partial charge in [-0.2, -0.15) is 0 Å². The van der Waals surface area contributed by atoms with E-state index in [2.05, 4.69) is 17.1 Å². The molecule has 2 rings (SSSR count). The van der Waals surface area contributed by atoms with Crippen LogP contribution in [0.25, 0.3) is 0 Å². The number of nitrogens with zero attached hydrogens (tertiary/aromatic N) is 1. The SMILES string of the molecule is CC1CCCC(N2CNC(C)C2=O)CC1. The van der Waals surface area contributed by atoms with Gasteiger partial charge in [-0.3, -0.25) is 10.1 Å². The smallest absolute Gasteiger partial charge is 0.240 e. The molecule has 2 aliphatic rings. The Labute approximate surface area is 92.2 Å². The lowest BCUT2D eigenvalue weighted by Crippen LogP contribution is -2.37. The highest BCUT2D eigenvalue weighted by atomic mass is 16.2. The van der Waals surface area contributed by atoms with Crippen LogP contribution in [-0.4, -0.2) is 29.6 Å². The van der Waals surface area contributed by atoms with E-state index in [-0.39, 0.29) is 6.04 Å². The van der Waals surface area contributed by atoms with Gasteiger partial charge in [0.25, 0.3) is 0 Å². The van der Waals surface area contributed by atoms with Crippen LogP contribution < -0.4 is 5.32 Å². The monoisotopic (exact) mass is 210 g/mol. The lowest BCUT2D eigenvalue weighted by Gasteiger charge is -2.26. The maximum absolute atomic E-state index is 11.9. The van der Waals surface area contributed by atoms with Crippen LogP contribution in [0.1, 0.15) is 46.0 Å². The number of carbonyl (C=O) groups is 1. The quantitative estimate of drug-likeness (QED) is 0.669. The third-order valence-electron chi connectivity index (χ3n) is 3.89. The van der Waals surface area contributed by atoms with Crippen molar-refractivity contribution >= 4 is 5.91 Å². The average Bonchev–Trinajstić information content (AvgIpc) is 2.43. The van der Waals surface area contributed by atoms with Crippen molar-refractivity contribution in [3.63, 3.8) is 0 Å². The van der Waals surface area contributed by atoms with E-state index in [0.717, 1.165) is 12.6 Å². The molecule has 1 saturated heterocycles. The first-order valence-corrected chi connectivity index (χ1v) is 6.22. The number of hydrogen-bond acceptors (Lipinski definition) is 2. The van der Waals surface area contributed by atoms with Crippen LogP contribution in [0.4, 0.5) is 0 Å². The van der Waals surface area contributed by atoms with Crippen LogP contribution in [-0.2, 0) is 4.79 Å². The van der Waals surface area contributed by atoms with Crippen molar-refractivity contribution < 1.29 is 4.79 Å². The number of hydrogen-bond donors (Lipinski definition) is 1. The van der Waals surface area contributed by atoms with Crippen molar-refractivity contribution in [1.29, 1.82) is 0 Å². The minimum Gasteiger partial charge on any atom is -0.326 e. The second-order valence-electron chi connectivity index (χ2n) is 5.16. The van der Waals surface area contributed by atoms with Gasteiger partial charge in [0, 0.05) is 6.04 Å². The zero-order valence-electron chi connectivity index (χ0n) is 9.83. The first kappa shape index (κ1) is 10.9. The molecule has 1 aliphatic carbocycles. The first-order chi connectivity index (χ1) is 7.18. The van der Waals surface area contributed by atoms with Gasteiger partial charge in [-0.1, -0.05) is 19.8 Å². The summed E-state index contributed by atoms with van der Waals surface area (Å²) < 4.78 is 0. The van der Waals surface area contributed by atoms with E-state index < -0.39 is 0 Å². The zero-order chi connectivity index (χ0) is 10.8. The molecule has 0 aromatic rings. The summed E-state index contributed by atoms with van der Waals surface area (Å²) in [6.07, 6.45) is 6.29. The fourth-order valence-corrected chi connectivity index (χ4v) is 2.74. The maximum atomic E-state index is 11.9. The number of nitrogens with one attached hydrogen (secondary N) is 1. The first-order valence-electron chi connectivity index (χ1n) is 6.22. The second-order valence-corrected chi connectivity index (χ2v) is 5.16. The van der Waals surface area contributed by atoms with E-state index in [1.807, 2.05) is 6.92 Å². The van der Waals surface area contributed by atoms with Gasteiger partial charge >= 0.3 is 0 Å². The van der Waals surface area contributed by atoms with Gasteiger partial charge < -0.3 is 4.90 Å². The highest BCUT2D eigenvalue weighted by Crippen LogP contribution is 2.26. The Morgan fingerprint density at radius 2 is 2.00 bits per heavy atom. The molecule has 0 spiro atoms. The average molecular weight is 210 g/mol. The molecule has 2 fully saturated rings. The van der Waals surface area contributed by atoms with E-state index in [9.17, 15) is 4.79 Å². The van der Waals surface area contributed by atoms with Crippen molar-refractivity contribution in [3.05, 3.63) is 0 Å². The van der Waals surface area contributed by atoms with E-state index in [0.29, 0.717) is 11.9 Å². The molecule has 1 aliphatic heterocycles. The molecule has 3 nitrogen and oxygen atoms in total. The van der Waals surface area contributed by atoms with Crippen LogP contribution in [0, 0.1) is 5.92 Å². The molecule has 3 atom stereocenters. The lowest BCUT2D eigenvalue weighted by atomic mass is 10.0. The number of rotatable bonds is 1. The molecule has 86 valence electrons. The number of amides is 1. The van der Waals surface area contributed by atoms with Crippen molar-refractivity contribution in [2.24, 2.45) is 5.92 Å². The molecular weight excluding hydrogens is 188 g/mol. The molecule has 0 aromatic heterocycles. The van der Waals surface area contributed by atoms with E-state index >= 15 is 0 Å². The summed E-state index contributed by atoms with van der Waals surface area (Å²) in [5, 5.41) is 3.22. The molecule has 0 bridgehead atoms. The normalized spacial score (nSPS) is 38.1. The van der Waals surface area contributed by atoms with Gasteiger partial charge in [0.15, 0.2) is 0 Å². The zero-order valence-corrected chi connectivity index (χ0v) is 9.83.